The van der Waals surface area contributed by atoms with Gasteiger partial charge in [0.15, 0.2) is 0 Å². The van der Waals surface area contributed by atoms with Crippen molar-refractivity contribution in [1.29, 1.82) is 0 Å². The molecule has 0 aromatic carbocycles. The van der Waals surface area contributed by atoms with Crippen LogP contribution in [0.25, 0.3) is 0 Å². The van der Waals surface area contributed by atoms with E-state index in [1.165, 1.54) is 24.1 Å². The van der Waals surface area contributed by atoms with Crippen molar-refractivity contribution >= 4 is 11.8 Å². The highest BCUT2D eigenvalue weighted by Crippen LogP contribution is 2.31. The number of aliphatic imine (C=N–C) groups is 1. The summed E-state index contributed by atoms with van der Waals surface area (Å²) < 4.78 is 5.61. The van der Waals surface area contributed by atoms with Crippen LogP contribution in [0.4, 0.5) is 4.79 Å². The molecule has 0 saturated carbocycles. The highest BCUT2D eigenvalue weighted by molar-refractivity contribution is 6.00. The Labute approximate surface area is 153 Å². The van der Waals surface area contributed by atoms with Gasteiger partial charge in [0.2, 0.25) is 0 Å². The predicted octanol–water partition coefficient (Wildman–Crippen LogP) is 5.99. The van der Waals surface area contributed by atoms with Crippen LogP contribution in [0.15, 0.2) is 28.0 Å². The molecule has 25 heavy (non-hydrogen) atoms. The van der Waals surface area contributed by atoms with Crippen molar-refractivity contribution in [1.82, 2.24) is 4.90 Å². The second kappa shape index (κ2) is 8.68. The standard InChI is InChI=1S/C21H34N2O2/c1-6-16(7-2)17-12-9-8-10-13-18(22-17)19-14-11-15-23(19)20(24)25-21(3,4)5/h6H,7-15H2,1-5H3/b16-6+,19-18+,22-17+. The SMILES string of the molecule is C/C=C(CC)/C1=N/C(=C2\CCCN2C(=O)OC(C)(C)C)CCCCC1. The Bertz CT molecular complexity index is 579. The van der Waals surface area contributed by atoms with E-state index in [4.69, 9.17) is 9.73 Å². The lowest BCUT2D eigenvalue weighted by Gasteiger charge is -2.26. The number of nitrogens with zero attached hydrogens (tertiary/aromatic N) is 2. The summed E-state index contributed by atoms with van der Waals surface area (Å²) in [5.41, 5.74) is 4.27. The van der Waals surface area contributed by atoms with Crippen molar-refractivity contribution in [3.05, 3.63) is 23.0 Å². The normalized spacial score (nSPS) is 25.2. The van der Waals surface area contributed by atoms with Gasteiger partial charge in [-0.15, -0.1) is 0 Å². The first kappa shape index (κ1) is 19.7. The second-order valence-corrected chi connectivity index (χ2v) is 7.92. The first-order chi connectivity index (χ1) is 11.9. The summed E-state index contributed by atoms with van der Waals surface area (Å²) in [5.74, 6) is 0. The van der Waals surface area contributed by atoms with E-state index < -0.39 is 5.60 Å². The molecule has 140 valence electrons. The van der Waals surface area contributed by atoms with Gasteiger partial charge in [-0.1, -0.05) is 19.4 Å². The number of carbonyl (C=O) groups excluding carboxylic acids is 1. The molecule has 0 unspecified atom stereocenters. The third kappa shape index (κ3) is 5.45. The van der Waals surface area contributed by atoms with Crippen molar-refractivity contribution in [3.8, 4) is 0 Å². The van der Waals surface area contributed by atoms with Crippen LogP contribution in [0.2, 0.25) is 0 Å². The molecule has 1 fully saturated rings. The van der Waals surface area contributed by atoms with Crippen LogP contribution in [0, 0.1) is 0 Å². The average Bonchev–Trinajstić information content (AvgIpc) is 2.98. The number of allylic oxidation sites excluding steroid dienone is 4. The van der Waals surface area contributed by atoms with Crippen LogP contribution in [0.1, 0.15) is 86.0 Å². The van der Waals surface area contributed by atoms with Crippen molar-refractivity contribution in [2.75, 3.05) is 6.54 Å². The van der Waals surface area contributed by atoms with Gasteiger partial charge in [0.05, 0.1) is 5.70 Å². The molecule has 4 heteroatoms. The molecule has 2 aliphatic rings. The molecule has 2 aliphatic heterocycles. The molecular formula is C21H34N2O2. The Morgan fingerprint density at radius 1 is 1.16 bits per heavy atom. The lowest BCUT2D eigenvalue weighted by molar-refractivity contribution is 0.0336. The zero-order valence-corrected chi connectivity index (χ0v) is 16.7. The monoisotopic (exact) mass is 346 g/mol. The first-order valence-electron chi connectivity index (χ1n) is 9.81. The van der Waals surface area contributed by atoms with E-state index in [0.717, 1.165) is 56.5 Å². The molecule has 1 amide bonds. The van der Waals surface area contributed by atoms with Gasteiger partial charge in [0.25, 0.3) is 0 Å². The minimum Gasteiger partial charge on any atom is -0.443 e. The summed E-state index contributed by atoms with van der Waals surface area (Å²) in [4.78, 5) is 19.5. The molecule has 0 spiro atoms. The summed E-state index contributed by atoms with van der Waals surface area (Å²) in [6, 6.07) is 0. The van der Waals surface area contributed by atoms with Gasteiger partial charge >= 0.3 is 6.09 Å². The summed E-state index contributed by atoms with van der Waals surface area (Å²) in [6.07, 6.45) is 10.4. The minimum atomic E-state index is -0.467. The summed E-state index contributed by atoms with van der Waals surface area (Å²) in [6.45, 7) is 10.8. The molecule has 0 N–H and O–H groups in total. The Morgan fingerprint density at radius 2 is 1.88 bits per heavy atom. The number of hydrogen-bond donors (Lipinski definition) is 0. The van der Waals surface area contributed by atoms with Gasteiger partial charge in [-0.3, -0.25) is 9.89 Å². The number of amides is 1. The Balaban J connectivity index is 2.36. The number of rotatable bonds is 2. The van der Waals surface area contributed by atoms with E-state index in [9.17, 15) is 4.79 Å². The van der Waals surface area contributed by atoms with Gasteiger partial charge in [-0.2, -0.15) is 0 Å². The van der Waals surface area contributed by atoms with Crippen LogP contribution >= 0.6 is 0 Å². The van der Waals surface area contributed by atoms with Gasteiger partial charge < -0.3 is 4.74 Å². The molecule has 4 nitrogen and oxygen atoms in total. The van der Waals surface area contributed by atoms with E-state index in [-0.39, 0.29) is 6.09 Å². The predicted molar refractivity (Wildman–Crippen MR) is 104 cm³/mol. The van der Waals surface area contributed by atoms with Crippen molar-refractivity contribution in [2.45, 2.75) is 91.6 Å². The highest BCUT2D eigenvalue weighted by Gasteiger charge is 2.30. The lowest BCUT2D eigenvalue weighted by Crippen LogP contribution is -2.34. The van der Waals surface area contributed by atoms with Gasteiger partial charge in [-0.05, 0) is 78.2 Å². The molecule has 0 aromatic rings. The second-order valence-electron chi connectivity index (χ2n) is 7.92. The van der Waals surface area contributed by atoms with E-state index in [0.29, 0.717) is 0 Å². The summed E-state index contributed by atoms with van der Waals surface area (Å²) in [7, 11) is 0. The molecule has 0 radical (unpaired) electrons. The van der Waals surface area contributed by atoms with E-state index in [2.05, 4.69) is 19.9 Å². The molecule has 0 aromatic heterocycles. The third-order valence-electron chi connectivity index (χ3n) is 4.77. The Morgan fingerprint density at radius 3 is 2.52 bits per heavy atom. The fourth-order valence-electron chi connectivity index (χ4n) is 3.55. The van der Waals surface area contributed by atoms with Crippen LogP contribution in [0.5, 0.6) is 0 Å². The van der Waals surface area contributed by atoms with Crippen LogP contribution < -0.4 is 0 Å². The number of carbonyl (C=O) groups is 1. The smallest absolute Gasteiger partial charge is 0.414 e. The van der Waals surface area contributed by atoms with Gasteiger partial charge in [-0.25, -0.2) is 4.79 Å². The maximum Gasteiger partial charge on any atom is 0.414 e. The third-order valence-corrected chi connectivity index (χ3v) is 4.77. The summed E-state index contributed by atoms with van der Waals surface area (Å²) in [5, 5.41) is 0. The first-order valence-corrected chi connectivity index (χ1v) is 9.81. The van der Waals surface area contributed by atoms with Crippen LogP contribution in [0.3, 0.4) is 0 Å². The molecular weight excluding hydrogens is 312 g/mol. The van der Waals surface area contributed by atoms with E-state index >= 15 is 0 Å². The molecule has 1 saturated heterocycles. The highest BCUT2D eigenvalue weighted by atomic mass is 16.6. The fourth-order valence-corrected chi connectivity index (χ4v) is 3.55. The van der Waals surface area contributed by atoms with Gasteiger partial charge in [0, 0.05) is 18.0 Å². The van der Waals surface area contributed by atoms with Crippen molar-refractivity contribution in [2.24, 2.45) is 4.99 Å². The largest absolute Gasteiger partial charge is 0.443 e. The fraction of sp³-hybridized carbons (Fsp3) is 0.714. The maximum absolute atomic E-state index is 12.6. The molecule has 0 atom stereocenters. The lowest BCUT2D eigenvalue weighted by atomic mass is 9.98. The number of hydrogen-bond acceptors (Lipinski definition) is 3. The maximum atomic E-state index is 12.6. The molecule has 2 heterocycles. The average molecular weight is 347 g/mol. The quantitative estimate of drug-likeness (QED) is 0.616. The van der Waals surface area contributed by atoms with E-state index in [1.54, 1.807) is 0 Å². The number of ether oxygens (including phenoxy) is 1. The van der Waals surface area contributed by atoms with E-state index in [1.807, 2.05) is 25.7 Å². The van der Waals surface area contributed by atoms with Crippen molar-refractivity contribution < 1.29 is 9.53 Å². The zero-order valence-electron chi connectivity index (χ0n) is 16.7. The Hall–Kier alpha value is -1.58. The summed E-state index contributed by atoms with van der Waals surface area (Å²) >= 11 is 0. The zero-order chi connectivity index (χ0) is 18.4. The van der Waals surface area contributed by atoms with Gasteiger partial charge in [0.1, 0.15) is 5.60 Å². The minimum absolute atomic E-state index is 0.229. The van der Waals surface area contributed by atoms with Crippen molar-refractivity contribution in [3.63, 3.8) is 0 Å². The molecule has 0 aliphatic carbocycles. The molecule has 0 bridgehead atoms. The number of likely N-dealkylation sites (tertiary alicyclic amines) is 1. The Kier molecular flexibility index (Phi) is 6.86. The molecule has 2 rings (SSSR count). The topological polar surface area (TPSA) is 41.9 Å². The van der Waals surface area contributed by atoms with Crippen LogP contribution in [-0.2, 0) is 4.74 Å². The van der Waals surface area contributed by atoms with Crippen LogP contribution in [-0.4, -0.2) is 28.9 Å².